The van der Waals surface area contributed by atoms with Crippen LogP contribution >= 0.6 is 23.1 Å². The van der Waals surface area contributed by atoms with Crippen LogP contribution in [0.15, 0.2) is 59.8 Å². The lowest BCUT2D eigenvalue weighted by Crippen LogP contribution is -2.32. The molecule has 1 atom stereocenters. The van der Waals surface area contributed by atoms with Crippen LogP contribution in [0.3, 0.4) is 0 Å². The van der Waals surface area contributed by atoms with E-state index in [1.54, 1.807) is 11.3 Å². The zero-order valence-electron chi connectivity index (χ0n) is 17.3. The molecule has 1 saturated heterocycles. The Morgan fingerprint density at radius 3 is 2.74 bits per heavy atom. The van der Waals surface area contributed by atoms with Crippen LogP contribution in [-0.4, -0.2) is 42.9 Å². The van der Waals surface area contributed by atoms with Gasteiger partial charge >= 0.3 is 0 Å². The number of thioether (sulfide) groups is 1. The Bertz CT molecular complexity index is 1170. The van der Waals surface area contributed by atoms with Gasteiger partial charge < -0.3 is 9.47 Å². The Morgan fingerprint density at radius 1 is 1.13 bits per heavy atom. The van der Waals surface area contributed by atoms with Crippen LogP contribution in [0.5, 0.6) is 0 Å². The highest BCUT2D eigenvalue weighted by Crippen LogP contribution is 2.37. The fourth-order valence-corrected chi connectivity index (χ4v) is 6.05. The second-order valence-corrected chi connectivity index (χ2v) is 9.47. The van der Waals surface area contributed by atoms with Crippen molar-refractivity contribution < 1.29 is 4.79 Å². The number of hydrogen-bond donors (Lipinski definition) is 0. The minimum atomic E-state index is 0.0782. The molecule has 1 aliphatic rings. The summed E-state index contributed by atoms with van der Waals surface area (Å²) in [7, 11) is 0. The van der Waals surface area contributed by atoms with Gasteiger partial charge in [0.25, 0.3) is 0 Å². The van der Waals surface area contributed by atoms with Crippen molar-refractivity contribution in [2.45, 2.75) is 37.5 Å². The predicted molar refractivity (Wildman–Crippen MR) is 125 cm³/mol. The maximum absolute atomic E-state index is 13.1. The van der Waals surface area contributed by atoms with Gasteiger partial charge in [-0.15, -0.1) is 21.5 Å². The molecule has 4 aromatic rings. The number of nitrogens with zero attached hydrogens (tertiary/aromatic N) is 5. The predicted octanol–water partition coefficient (Wildman–Crippen LogP) is 5.03. The smallest absolute Gasteiger partial charge is 0.233 e. The van der Waals surface area contributed by atoms with E-state index in [9.17, 15) is 4.79 Å². The van der Waals surface area contributed by atoms with Crippen molar-refractivity contribution in [1.29, 1.82) is 0 Å². The maximum Gasteiger partial charge on any atom is 0.233 e. The van der Waals surface area contributed by atoms with Gasteiger partial charge in [0.2, 0.25) is 5.91 Å². The topological polar surface area (TPSA) is 63.9 Å². The highest BCUT2D eigenvalue weighted by Gasteiger charge is 2.32. The molecule has 0 bridgehead atoms. The SMILES string of the molecule is CCn1c(SCC(=O)N2CCC[C@H]2c2nc3ccccc3s2)nnc1-c1ccccc1. The van der Waals surface area contributed by atoms with Crippen LogP contribution in [0, 0.1) is 0 Å². The Balaban J connectivity index is 1.31. The first-order chi connectivity index (χ1) is 15.2. The van der Waals surface area contributed by atoms with E-state index in [1.165, 1.54) is 16.5 Å². The molecule has 0 unspecified atom stereocenters. The fourth-order valence-electron chi connectivity index (χ4n) is 4.05. The normalized spacial score (nSPS) is 16.3. The molecule has 0 aliphatic carbocycles. The van der Waals surface area contributed by atoms with Crippen molar-refractivity contribution in [3.63, 3.8) is 0 Å². The van der Waals surface area contributed by atoms with Gasteiger partial charge in [-0.3, -0.25) is 4.79 Å². The summed E-state index contributed by atoms with van der Waals surface area (Å²) in [5, 5.41) is 10.6. The molecule has 6 nitrogen and oxygen atoms in total. The van der Waals surface area contributed by atoms with Crippen molar-refractivity contribution in [2.75, 3.05) is 12.3 Å². The lowest BCUT2D eigenvalue weighted by Gasteiger charge is -2.22. The summed E-state index contributed by atoms with van der Waals surface area (Å²) in [6.45, 7) is 3.62. The zero-order valence-corrected chi connectivity index (χ0v) is 18.9. The average Bonchev–Trinajstić information content (AvgIpc) is 3.55. The summed E-state index contributed by atoms with van der Waals surface area (Å²) in [4.78, 5) is 19.9. The fraction of sp³-hybridized carbons (Fsp3) is 0.304. The van der Waals surface area contributed by atoms with Crippen molar-refractivity contribution in [3.8, 4) is 11.4 Å². The van der Waals surface area contributed by atoms with Gasteiger partial charge in [0.1, 0.15) is 5.01 Å². The minimum Gasteiger partial charge on any atom is -0.332 e. The molecule has 8 heteroatoms. The molecule has 1 fully saturated rings. The number of aromatic nitrogens is 4. The quantitative estimate of drug-likeness (QED) is 0.386. The first kappa shape index (κ1) is 20.2. The molecule has 3 heterocycles. The summed E-state index contributed by atoms with van der Waals surface area (Å²) >= 11 is 3.16. The minimum absolute atomic E-state index is 0.0782. The third-order valence-corrected chi connectivity index (χ3v) is 7.65. The molecular formula is C23H23N5OS2. The van der Waals surface area contributed by atoms with Crippen molar-refractivity contribution in [2.24, 2.45) is 0 Å². The number of para-hydroxylation sites is 1. The van der Waals surface area contributed by atoms with Gasteiger partial charge in [0, 0.05) is 18.7 Å². The number of likely N-dealkylation sites (tertiary alicyclic amines) is 1. The van der Waals surface area contributed by atoms with E-state index < -0.39 is 0 Å². The summed E-state index contributed by atoms with van der Waals surface area (Å²) in [6.07, 6.45) is 1.99. The van der Waals surface area contributed by atoms with Gasteiger partial charge in [0.15, 0.2) is 11.0 Å². The number of amides is 1. The molecule has 1 aliphatic heterocycles. The Hall–Kier alpha value is -2.71. The van der Waals surface area contributed by atoms with E-state index in [-0.39, 0.29) is 11.9 Å². The van der Waals surface area contributed by atoms with E-state index in [1.807, 2.05) is 53.4 Å². The van der Waals surface area contributed by atoms with E-state index >= 15 is 0 Å². The second kappa shape index (κ2) is 8.80. The summed E-state index contributed by atoms with van der Waals surface area (Å²) in [5.74, 6) is 1.33. The third kappa shape index (κ3) is 3.97. The molecule has 5 rings (SSSR count). The van der Waals surface area contributed by atoms with Crippen LogP contribution < -0.4 is 0 Å². The van der Waals surface area contributed by atoms with Crippen molar-refractivity contribution in [1.82, 2.24) is 24.6 Å². The lowest BCUT2D eigenvalue weighted by molar-refractivity contribution is -0.129. The van der Waals surface area contributed by atoms with Crippen molar-refractivity contribution in [3.05, 3.63) is 59.6 Å². The van der Waals surface area contributed by atoms with E-state index in [0.29, 0.717) is 5.75 Å². The number of rotatable bonds is 6. The molecule has 0 spiro atoms. The van der Waals surface area contributed by atoms with E-state index in [2.05, 4.69) is 27.8 Å². The standard InChI is InChI=1S/C23H23N5OS2/c1-2-27-21(16-9-4-3-5-10-16)25-26-23(27)30-15-20(29)28-14-8-12-18(28)22-24-17-11-6-7-13-19(17)31-22/h3-7,9-11,13,18H,2,8,12,14-15H2,1H3/t18-/m0/s1. The number of carbonyl (C=O) groups excluding carboxylic acids is 1. The van der Waals surface area contributed by atoms with Gasteiger partial charge in [-0.2, -0.15) is 0 Å². The molecule has 2 aromatic carbocycles. The number of thiazole rings is 1. The second-order valence-electron chi connectivity index (χ2n) is 7.47. The van der Waals surface area contributed by atoms with Gasteiger partial charge in [-0.25, -0.2) is 4.98 Å². The van der Waals surface area contributed by atoms with Crippen LogP contribution in [-0.2, 0) is 11.3 Å². The third-order valence-electron chi connectivity index (χ3n) is 5.56. The van der Waals surface area contributed by atoms with Crippen molar-refractivity contribution >= 4 is 39.2 Å². The highest BCUT2D eigenvalue weighted by molar-refractivity contribution is 7.99. The molecule has 0 radical (unpaired) electrons. The Labute approximate surface area is 189 Å². The number of fused-ring (bicyclic) bond motifs is 1. The van der Waals surface area contributed by atoms with Crippen LogP contribution in [0.2, 0.25) is 0 Å². The molecule has 2 aromatic heterocycles. The Kier molecular flexibility index (Phi) is 5.74. The molecule has 0 N–H and O–H groups in total. The molecule has 158 valence electrons. The first-order valence-corrected chi connectivity index (χ1v) is 12.3. The monoisotopic (exact) mass is 449 g/mol. The van der Waals surface area contributed by atoms with Crippen LogP contribution in [0.4, 0.5) is 0 Å². The molecule has 1 amide bonds. The number of hydrogen-bond acceptors (Lipinski definition) is 6. The van der Waals surface area contributed by atoms with Gasteiger partial charge in [-0.1, -0.05) is 54.2 Å². The van der Waals surface area contributed by atoms with Crippen LogP contribution in [0.1, 0.15) is 30.8 Å². The summed E-state index contributed by atoms with van der Waals surface area (Å²) < 4.78 is 3.25. The maximum atomic E-state index is 13.1. The van der Waals surface area contributed by atoms with E-state index in [0.717, 1.165) is 53.0 Å². The first-order valence-electron chi connectivity index (χ1n) is 10.5. The number of benzene rings is 2. The molecular weight excluding hydrogens is 426 g/mol. The lowest BCUT2D eigenvalue weighted by atomic mass is 10.2. The van der Waals surface area contributed by atoms with E-state index in [4.69, 9.17) is 4.98 Å². The van der Waals surface area contributed by atoms with Gasteiger partial charge in [-0.05, 0) is 31.9 Å². The average molecular weight is 450 g/mol. The molecule has 31 heavy (non-hydrogen) atoms. The zero-order chi connectivity index (χ0) is 21.2. The van der Waals surface area contributed by atoms with Gasteiger partial charge in [0.05, 0.1) is 22.0 Å². The largest absolute Gasteiger partial charge is 0.332 e. The summed E-state index contributed by atoms with van der Waals surface area (Å²) in [5.41, 5.74) is 2.05. The molecule has 0 saturated carbocycles. The summed E-state index contributed by atoms with van der Waals surface area (Å²) in [6, 6.07) is 18.3. The highest BCUT2D eigenvalue weighted by atomic mass is 32.2. The van der Waals surface area contributed by atoms with Crippen LogP contribution in [0.25, 0.3) is 21.6 Å². The Morgan fingerprint density at radius 2 is 1.94 bits per heavy atom. The number of carbonyl (C=O) groups is 1.